The number of aliphatic hydroxyl groups is 1. The van der Waals surface area contributed by atoms with Gasteiger partial charge in [0.25, 0.3) is 0 Å². The number of carbonyl (C=O) groups excluding carboxylic acids is 1. The normalized spacial score (nSPS) is 12.8. The molecule has 1 atom stereocenters. The van der Waals surface area contributed by atoms with E-state index in [0.29, 0.717) is 0 Å². The van der Waals surface area contributed by atoms with E-state index in [1.807, 2.05) is 0 Å². The molecule has 3 heteroatoms. The smallest absolute Gasteiger partial charge is 0.140 e. The van der Waals surface area contributed by atoms with Crippen molar-refractivity contribution in [1.29, 1.82) is 5.41 Å². The molecule has 1 unspecified atom stereocenters. The SMILES string of the molecule is CC(=N)C(CO)C(C)=O. The van der Waals surface area contributed by atoms with Crippen molar-refractivity contribution in [2.75, 3.05) is 6.61 Å². The molecular weight excluding hydrogens is 118 g/mol. The van der Waals surface area contributed by atoms with Gasteiger partial charge in [0.1, 0.15) is 5.78 Å². The highest BCUT2D eigenvalue weighted by Gasteiger charge is 2.13. The van der Waals surface area contributed by atoms with Gasteiger partial charge in [-0.25, -0.2) is 0 Å². The monoisotopic (exact) mass is 129 g/mol. The molecule has 0 aromatic carbocycles. The number of hydrogen-bond donors (Lipinski definition) is 2. The highest BCUT2D eigenvalue weighted by molar-refractivity contribution is 6.01. The van der Waals surface area contributed by atoms with Crippen LogP contribution in [0.3, 0.4) is 0 Å². The van der Waals surface area contributed by atoms with Gasteiger partial charge in [0.05, 0.1) is 12.5 Å². The minimum absolute atomic E-state index is 0.148. The molecule has 0 bridgehead atoms. The molecule has 0 aromatic heterocycles. The molecule has 0 heterocycles. The fraction of sp³-hybridized carbons (Fsp3) is 0.667. The van der Waals surface area contributed by atoms with Gasteiger partial charge in [-0.3, -0.25) is 4.79 Å². The second-order valence-electron chi connectivity index (χ2n) is 2.03. The Labute approximate surface area is 54.2 Å². The standard InChI is InChI=1S/C6H11NO2/c1-4(7)6(3-8)5(2)9/h6-8H,3H2,1-2H3. The lowest BCUT2D eigenvalue weighted by Gasteiger charge is -2.06. The second-order valence-corrected chi connectivity index (χ2v) is 2.03. The number of carbonyl (C=O) groups is 1. The molecule has 0 aliphatic heterocycles. The lowest BCUT2D eigenvalue weighted by Crippen LogP contribution is -2.22. The van der Waals surface area contributed by atoms with E-state index < -0.39 is 5.92 Å². The lowest BCUT2D eigenvalue weighted by atomic mass is 10.0. The van der Waals surface area contributed by atoms with Crippen LogP contribution in [0.1, 0.15) is 13.8 Å². The molecular formula is C6H11NO2. The van der Waals surface area contributed by atoms with E-state index in [0.717, 1.165) is 0 Å². The van der Waals surface area contributed by atoms with E-state index in [4.69, 9.17) is 10.5 Å². The first-order valence-electron chi connectivity index (χ1n) is 2.76. The summed E-state index contributed by atoms with van der Waals surface area (Å²) in [5, 5.41) is 15.5. The van der Waals surface area contributed by atoms with Gasteiger partial charge in [0.15, 0.2) is 0 Å². The second kappa shape index (κ2) is 3.35. The Morgan fingerprint density at radius 3 is 2.11 bits per heavy atom. The van der Waals surface area contributed by atoms with E-state index in [9.17, 15) is 4.79 Å². The van der Waals surface area contributed by atoms with Crippen LogP contribution in [0.2, 0.25) is 0 Å². The summed E-state index contributed by atoms with van der Waals surface area (Å²) in [5.74, 6) is -0.727. The lowest BCUT2D eigenvalue weighted by molar-refractivity contribution is -0.119. The molecule has 52 valence electrons. The van der Waals surface area contributed by atoms with Crippen LogP contribution in [0.25, 0.3) is 0 Å². The molecule has 0 rings (SSSR count). The van der Waals surface area contributed by atoms with E-state index in [1.54, 1.807) is 0 Å². The average molecular weight is 129 g/mol. The first-order chi connectivity index (χ1) is 4.09. The summed E-state index contributed by atoms with van der Waals surface area (Å²) < 4.78 is 0. The van der Waals surface area contributed by atoms with E-state index in [-0.39, 0.29) is 18.1 Å². The van der Waals surface area contributed by atoms with Gasteiger partial charge in [-0.15, -0.1) is 0 Å². The zero-order valence-corrected chi connectivity index (χ0v) is 5.64. The summed E-state index contributed by atoms with van der Waals surface area (Å²) in [6.07, 6.45) is 0. The number of nitrogens with one attached hydrogen (secondary N) is 1. The van der Waals surface area contributed by atoms with Gasteiger partial charge in [-0.2, -0.15) is 0 Å². The molecule has 0 radical (unpaired) electrons. The van der Waals surface area contributed by atoms with Crippen LogP contribution < -0.4 is 0 Å². The molecule has 9 heavy (non-hydrogen) atoms. The predicted octanol–water partition coefficient (Wildman–Crippen LogP) is 0.224. The Morgan fingerprint density at radius 2 is 2.11 bits per heavy atom. The van der Waals surface area contributed by atoms with Crippen molar-refractivity contribution in [3.63, 3.8) is 0 Å². The Morgan fingerprint density at radius 1 is 1.67 bits per heavy atom. The largest absolute Gasteiger partial charge is 0.395 e. The third-order valence-corrected chi connectivity index (χ3v) is 1.20. The third-order valence-electron chi connectivity index (χ3n) is 1.20. The summed E-state index contributed by atoms with van der Waals surface area (Å²) in [7, 11) is 0. The third kappa shape index (κ3) is 2.37. The quantitative estimate of drug-likeness (QED) is 0.535. The zero-order valence-electron chi connectivity index (χ0n) is 5.64. The highest BCUT2D eigenvalue weighted by atomic mass is 16.3. The predicted molar refractivity (Wildman–Crippen MR) is 34.7 cm³/mol. The van der Waals surface area contributed by atoms with Gasteiger partial charge in [0, 0.05) is 5.71 Å². The number of Topliss-reactive ketones (excluding diaryl/α,β-unsaturated/α-hetero) is 1. The topological polar surface area (TPSA) is 61.1 Å². The summed E-state index contributed by atoms with van der Waals surface area (Å²) in [6.45, 7) is 2.64. The van der Waals surface area contributed by atoms with Crippen molar-refractivity contribution in [2.24, 2.45) is 5.92 Å². The van der Waals surface area contributed by atoms with Crippen molar-refractivity contribution in [1.82, 2.24) is 0 Å². The molecule has 3 nitrogen and oxygen atoms in total. The fourth-order valence-electron chi connectivity index (χ4n) is 0.570. The summed E-state index contributed by atoms with van der Waals surface area (Å²) >= 11 is 0. The number of hydrogen-bond acceptors (Lipinski definition) is 3. The molecule has 0 aromatic rings. The fourth-order valence-corrected chi connectivity index (χ4v) is 0.570. The molecule has 2 N–H and O–H groups in total. The van der Waals surface area contributed by atoms with Crippen LogP contribution in [0.15, 0.2) is 0 Å². The summed E-state index contributed by atoms with van der Waals surface area (Å²) in [5.41, 5.74) is 0.227. The zero-order chi connectivity index (χ0) is 7.44. The van der Waals surface area contributed by atoms with E-state index in [1.165, 1.54) is 13.8 Å². The van der Waals surface area contributed by atoms with Crippen molar-refractivity contribution in [3.8, 4) is 0 Å². The van der Waals surface area contributed by atoms with Crippen molar-refractivity contribution in [2.45, 2.75) is 13.8 Å². The van der Waals surface area contributed by atoms with E-state index in [2.05, 4.69) is 0 Å². The number of aliphatic hydroxyl groups excluding tert-OH is 1. The summed E-state index contributed by atoms with van der Waals surface area (Å²) in [6, 6.07) is 0. The molecule has 0 amide bonds. The maximum Gasteiger partial charge on any atom is 0.140 e. The minimum Gasteiger partial charge on any atom is -0.395 e. The van der Waals surface area contributed by atoms with Crippen LogP contribution >= 0.6 is 0 Å². The number of ketones is 1. The van der Waals surface area contributed by atoms with Crippen LogP contribution in [0, 0.1) is 11.3 Å². The molecule has 0 aliphatic rings. The van der Waals surface area contributed by atoms with Crippen molar-refractivity contribution < 1.29 is 9.90 Å². The summed E-state index contributed by atoms with van der Waals surface area (Å²) in [4.78, 5) is 10.5. The minimum atomic E-state index is -0.579. The van der Waals surface area contributed by atoms with Crippen LogP contribution in [0.4, 0.5) is 0 Å². The Hall–Kier alpha value is -0.700. The van der Waals surface area contributed by atoms with E-state index >= 15 is 0 Å². The Bertz CT molecular complexity index is 117. The first-order valence-corrected chi connectivity index (χ1v) is 2.76. The average Bonchev–Trinajstić information content (AvgIpc) is 1.64. The van der Waals surface area contributed by atoms with Gasteiger partial charge in [0.2, 0.25) is 0 Å². The van der Waals surface area contributed by atoms with Crippen molar-refractivity contribution in [3.05, 3.63) is 0 Å². The van der Waals surface area contributed by atoms with Crippen LogP contribution in [-0.2, 0) is 4.79 Å². The van der Waals surface area contributed by atoms with Crippen LogP contribution in [0.5, 0.6) is 0 Å². The highest BCUT2D eigenvalue weighted by Crippen LogP contribution is 1.97. The van der Waals surface area contributed by atoms with Gasteiger partial charge >= 0.3 is 0 Å². The van der Waals surface area contributed by atoms with Crippen LogP contribution in [-0.4, -0.2) is 23.2 Å². The maximum absolute atomic E-state index is 10.5. The first kappa shape index (κ1) is 8.30. The maximum atomic E-state index is 10.5. The van der Waals surface area contributed by atoms with Gasteiger partial charge in [-0.05, 0) is 13.8 Å². The molecule has 0 aliphatic carbocycles. The molecule has 0 saturated carbocycles. The van der Waals surface area contributed by atoms with Gasteiger partial charge in [-0.1, -0.05) is 0 Å². The number of rotatable bonds is 3. The molecule has 0 spiro atoms. The van der Waals surface area contributed by atoms with Gasteiger partial charge < -0.3 is 10.5 Å². The molecule has 0 saturated heterocycles. The van der Waals surface area contributed by atoms with Crippen molar-refractivity contribution >= 4 is 11.5 Å². The molecule has 0 fully saturated rings. The Balaban J connectivity index is 3.99. The Kier molecular flexibility index (Phi) is 3.09.